The normalized spacial score (nSPS) is 13.6. The second-order valence-electron chi connectivity index (χ2n) is 2.64. The molecule has 15 heavy (non-hydrogen) atoms. The van der Waals surface area contributed by atoms with Crippen LogP contribution in [0, 0.1) is 0 Å². The van der Waals surface area contributed by atoms with Crippen molar-refractivity contribution in [2.75, 3.05) is 0 Å². The van der Waals surface area contributed by atoms with E-state index in [0.29, 0.717) is 0 Å². The summed E-state index contributed by atoms with van der Waals surface area (Å²) in [6.07, 6.45) is -6.77. The highest BCUT2D eigenvalue weighted by atomic mass is 19.4. The Labute approximate surface area is 81.4 Å². The highest BCUT2D eigenvalue weighted by molar-refractivity contribution is 5.74. The van der Waals surface area contributed by atoms with E-state index in [1.165, 1.54) is 0 Å². The summed E-state index contributed by atoms with van der Waals surface area (Å²) in [6.45, 7) is 0. The fourth-order valence-corrected chi connectivity index (χ4v) is 0.992. The van der Waals surface area contributed by atoms with Gasteiger partial charge in [-0.15, -0.1) is 0 Å². The minimum atomic E-state index is -4.86. The molecule has 0 aliphatic heterocycles. The van der Waals surface area contributed by atoms with Crippen molar-refractivity contribution in [3.63, 3.8) is 0 Å². The zero-order valence-electron chi connectivity index (χ0n) is 7.12. The molecule has 82 valence electrons. The van der Waals surface area contributed by atoms with Gasteiger partial charge in [-0.25, -0.2) is 9.18 Å². The Morgan fingerprint density at radius 1 is 1.47 bits per heavy atom. The van der Waals surface area contributed by atoms with Crippen LogP contribution in [0.1, 0.15) is 17.4 Å². The average molecular weight is 223 g/mol. The van der Waals surface area contributed by atoms with E-state index in [9.17, 15) is 22.4 Å². The second kappa shape index (κ2) is 3.84. The zero-order valence-corrected chi connectivity index (χ0v) is 7.12. The highest BCUT2D eigenvalue weighted by Crippen LogP contribution is 2.33. The van der Waals surface area contributed by atoms with Crippen LogP contribution in [-0.2, 0) is 11.0 Å². The van der Waals surface area contributed by atoms with Gasteiger partial charge in [0.15, 0.2) is 5.69 Å². The molecule has 1 aromatic heterocycles. The van der Waals surface area contributed by atoms with Gasteiger partial charge in [-0.05, 0) is 6.07 Å². The molecule has 0 bridgehead atoms. The highest BCUT2D eigenvalue weighted by Gasteiger charge is 2.38. The van der Waals surface area contributed by atoms with Crippen LogP contribution in [0.5, 0.6) is 0 Å². The summed E-state index contributed by atoms with van der Waals surface area (Å²) in [5.74, 6) is -1.98. The first-order valence-corrected chi connectivity index (χ1v) is 3.73. The van der Waals surface area contributed by atoms with Crippen LogP contribution in [0.2, 0.25) is 0 Å². The van der Waals surface area contributed by atoms with Crippen molar-refractivity contribution in [3.8, 4) is 0 Å². The summed E-state index contributed by atoms with van der Waals surface area (Å²) in [7, 11) is 0. The molecule has 0 saturated carbocycles. The number of hydrogen-bond donors (Lipinski definition) is 1. The number of carboxylic acid groups (broad SMARTS) is 1. The largest absolute Gasteiger partial charge is 0.479 e. The molecule has 0 aliphatic rings. The Kier molecular flexibility index (Phi) is 2.92. The van der Waals surface area contributed by atoms with Crippen molar-refractivity contribution in [1.29, 1.82) is 0 Å². The third-order valence-electron chi connectivity index (χ3n) is 1.60. The van der Waals surface area contributed by atoms with Crippen LogP contribution < -0.4 is 0 Å². The SMILES string of the molecule is O=C(O)C(F)c1cccnc1C(F)(F)F. The number of nitrogens with zero attached hydrogens (tertiary/aromatic N) is 1. The van der Waals surface area contributed by atoms with Crippen LogP contribution in [-0.4, -0.2) is 16.1 Å². The van der Waals surface area contributed by atoms with Gasteiger partial charge in [0, 0.05) is 11.8 Å². The molecule has 1 atom stereocenters. The van der Waals surface area contributed by atoms with E-state index in [1.807, 2.05) is 0 Å². The summed E-state index contributed by atoms with van der Waals surface area (Å²) in [5, 5.41) is 8.26. The monoisotopic (exact) mass is 223 g/mol. The maximum absolute atomic E-state index is 12.9. The van der Waals surface area contributed by atoms with Gasteiger partial charge in [0.05, 0.1) is 0 Å². The molecule has 0 radical (unpaired) electrons. The molecule has 0 spiro atoms. The molecule has 0 saturated heterocycles. The molecule has 7 heteroatoms. The van der Waals surface area contributed by atoms with Gasteiger partial charge in [-0.2, -0.15) is 13.2 Å². The topological polar surface area (TPSA) is 50.2 Å². The lowest BCUT2D eigenvalue weighted by atomic mass is 10.1. The molecule has 1 rings (SSSR count). The Morgan fingerprint density at radius 2 is 2.07 bits per heavy atom. The standard InChI is InChI=1S/C8H5F4NO2/c9-5(7(14)15)4-2-1-3-13-6(4)8(10,11)12/h1-3,5H,(H,14,15). The molecule has 3 nitrogen and oxygen atoms in total. The Morgan fingerprint density at radius 3 is 2.53 bits per heavy atom. The summed E-state index contributed by atoms with van der Waals surface area (Å²) >= 11 is 0. The first kappa shape index (κ1) is 11.4. The summed E-state index contributed by atoms with van der Waals surface area (Å²) in [6, 6.07) is 1.79. The lowest BCUT2D eigenvalue weighted by molar-refractivity contribution is -0.146. The summed E-state index contributed by atoms with van der Waals surface area (Å²) in [5.41, 5.74) is -2.50. The van der Waals surface area contributed by atoms with Crippen molar-refractivity contribution < 1.29 is 27.5 Å². The number of carbonyl (C=O) groups is 1. The van der Waals surface area contributed by atoms with Crippen molar-refractivity contribution in [2.45, 2.75) is 12.3 Å². The third-order valence-corrected chi connectivity index (χ3v) is 1.60. The molecular formula is C8H5F4NO2. The molecular weight excluding hydrogens is 218 g/mol. The summed E-state index contributed by atoms with van der Waals surface area (Å²) in [4.78, 5) is 13.1. The van der Waals surface area contributed by atoms with Crippen molar-refractivity contribution in [2.24, 2.45) is 0 Å². The van der Waals surface area contributed by atoms with E-state index in [2.05, 4.69) is 4.98 Å². The van der Waals surface area contributed by atoms with Crippen LogP contribution in [0.15, 0.2) is 18.3 Å². The lowest BCUT2D eigenvalue weighted by Gasteiger charge is -2.11. The predicted molar refractivity (Wildman–Crippen MR) is 40.7 cm³/mol. The van der Waals surface area contributed by atoms with Gasteiger partial charge in [0.25, 0.3) is 0 Å². The van der Waals surface area contributed by atoms with Gasteiger partial charge in [0.1, 0.15) is 0 Å². The molecule has 0 aromatic carbocycles. The molecule has 0 amide bonds. The van der Waals surface area contributed by atoms with E-state index in [0.717, 1.165) is 18.3 Å². The molecule has 0 fully saturated rings. The average Bonchev–Trinajstić information content (AvgIpc) is 2.15. The maximum atomic E-state index is 12.9. The lowest BCUT2D eigenvalue weighted by Crippen LogP contribution is -2.16. The van der Waals surface area contributed by atoms with Gasteiger partial charge in [-0.3, -0.25) is 4.98 Å². The van der Waals surface area contributed by atoms with Crippen molar-refractivity contribution >= 4 is 5.97 Å². The predicted octanol–water partition coefficient (Wildman–Crippen LogP) is 2.20. The van der Waals surface area contributed by atoms with Gasteiger partial charge >= 0.3 is 12.1 Å². The van der Waals surface area contributed by atoms with Gasteiger partial charge < -0.3 is 5.11 Å². The maximum Gasteiger partial charge on any atom is 0.433 e. The third kappa shape index (κ3) is 2.42. The summed E-state index contributed by atoms with van der Waals surface area (Å²) < 4.78 is 49.7. The number of hydrogen-bond acceptors (Lipinski definition) is 2. The van der Waals surface area contributed by atoms with Gasteiger partial charge in [0.2, 0.25) is 6.17 Å². The Hall–Kier alpha value is -1.66. The number of halogens is 4. The van der Waals surface area contributed by atoms with E-state index in [1.54, 1.807) is 0 Å². The molecule has 1 unspecified atom stereocenters. The second-order valence-corrected chi connectivity index (χ2v) is 2.64. The van der Waals surface area contributed by atoms with Crippen LogP contribution in [0.25, 0.3) is 0 Å². The number of aromatic nitrogens is 1. The van der Waals surface area contributed by atoms with Crippen LogP contribution in [0.3, 0.4) is 0 Å². The molecule has 1 heterocycles. The quantitative estimate of drug-likeness (QED) is 0.782. The smallest absolute Gasteiger partial charge is 0.433 e. The minimum absolute atomic E-state index is 0.745. The van der Waals surface area contributed by atoms with E-state index < -0.39 is 29.6 Å². The van der Waals surface area contributed by atoms with E-state index >= 15 is 0 Å². The van der Waals surface area contributed by atoms with Crippen molar-refractivity contribution in [1.82, 2.24) is 4.98 Å². The molecule has 1 aromatic rings. The number of aliphatic carboxylic acids is 1. The molecule has 0 aliphatic carbocycles. The van der Waals surface area contributed by atoms with Crippen LogP contribution >= 0.6 is 0 Å². The number of pyridine rings is 1. The van der Waals surface area contributed by atoms with Crippen molar-refractivity contribution in [3.05, 3.63) is 29.6 Å². The van der Waals surface area contributed by atoms with Gasteiger partial charge in [-0.1, -0.05) is 6.07 Å². The minimum Gasteiger partial charge on any atom is -0.479 e. The van der Waals surface area contributed by atoms with E-state index in [4.69, 9.17) is 5.11 Å². The van der Waals surface area contributed by atoms with E-state index in [-0.39, 0.29) is 0 Å². The first-order chi connectivity index (χ1) is 6.84. The fourth-order valence-electron chi connectivity index (χ4n) is 0.992. The number of carboxylic acids is 1. The fraction of sp³-hybridized carbons (Fsp3) is 0.250. The zero-order chi connectivity index (χ0) is 11.6. The Bertz CT molecular complexity index is 377. The first-order valence-electron chi connectivity index (χ1n) is 3.73. The number of rotatable bonds is 2. The Balaban J connectivity index is 3.24. The molecule has 1 N–H and O–H groups in total. The van der Waals surface area contributed by atoms with Crippen LogP contribution in [0.4, 0.5) is 17.6 Å². The number of alkyl halides is 4.